The van der Waals surface area contributed by atoms with Gasteiger partial charge in [0.15, 0.2) is 11.6 Å². The zero-order chi connectivity index (χ0) is 15.2. The normalized spacial score (nSPS) is 12.2. The molecule has 0 fully saturated rings. The molecule has 0 amide bonds. The van der Waals surface area contributed by atoms with Gasteiger partial charge in [-0.1, -0.05) is 13.0 Å². The lowest BCUT2D eigenvalue weighted by atomic mass is 10.1. The Kier molecular flexibility index (Phi) is 5.22. The van der Waals surface area contributed by atoms with Gasteiger partial charge in [-0.3, -0.25) is 0 Å². The minimum Gasteiger partial charge on any atom is -0.436 e. The van der Waals surface area contributed by atoms with E-state index in [2.05, 4.69) is 17.2 Å². The molecule has 0 aliphatic rings. The summed E-state index contributed by atoms with van der Waals surface area (Å²) in [6.45, 7) is 4.93. The van der Waals surface area contributed by atoms with Crippen LogP contribution in [0.1, 0.15) is 31.9 Å². The number of nitrogens with zero attached hydrogens (tertiary/aromatic N) is 1. The van der Waals surface area contributed by atoms with Crippen LogP contribution in [0, 0.1) is 11.6 Å². The van der Waals surface area contributed by atoms with Crippen LogP contribution in [0.25, 0.3) is 0 Å². The molecule has 0 radical (unpaired) electrons. The molecule has 3 nitrogen and oxygen atoms in total. The van der Waals surface area contributed by atoms with E-state index in [1.807, 2.05) is 13.0 Å². The molecule has 0 saturated heterocycles. The predicted octanol–water partition coefficient (Wildman–Crippen LogP) is 4.21. The molecular formula is C16H18F2N2O. The summed E-state index contributed by atoms with van der Waals surface area (Å²) in [4.78, 5) is 4.14. The number of pyridine rings is 1. The van der Waals surface area contributed by atoms with Gasteiger partial charge >= 0.3 is 0 Å². The van der Waals surface area contributed by atoms with E-state index in [0.717, 1.165) is 30.7 Å². The molecule has 1 heterocycles. The molecule has 1 aromatic carbocycles. The first kappa shape index (κ1) is 15.4. The average molecular weight is 292 g/mol. The van der Waals surface area contributed by atoms with Crippen molar-refractivity contribution in [1.82, 2.24) is 10.3 Å². The molecular weight excluding hydrogens is 274 g/mol. The van der Waals surface area contributed by atoms with Crippen molar-refractivity contribution in [3.63, 3.8) is 0 Å². The van der Waals surface area contributed by atoms with E-state index in [4.69, 9.17) is 4.74 Å². The van der Waals surface area contributed by atoms with Crippen molar-refractivity contribution in [2.24, 2.45) is 0 Å². The van der Waals surface area contributed by atoms with Gasteiger partial charge in [0.2, 0.25) is 5.88 Å². The van der Waals surface area contributed by atoms with Gasteiger partial charge in [0, 0.05) is 23.9 Å². The largest absolute Gasteiger partial charge is 0.436 e. The van der Waals surface area contributed by atoms with Crippen LogP contribution in [0.3, 0.4) is 0 Å². The predicted molar refractivity (Wildman–Crippen MR) is 77.4 cm³/mol. The van der Waals surface area contributed by atoms with Gasteiger partial charge in [0.1, 0.15) is 5.82 Å². The fourth-order valence-electron chi connectivity index (χ4n) is 1.95. The summed E-state index contributed by atoms with van der Waals surface area (Å²) in [5, 5.41) is 3.32. The minimum absolute atomic E-state index is 0.0251. The standard InChI is InChI=1S/C16H18F2N2O/c1-3-8-19-11(2)13-5-4-9-20-16(13)21-15-7-6-12(17)10-14(15)18/h4-7,9-11,19H,3,8H2,1-2H3. The Morgan fingerprint density at radius 2 is 2.10 bits per heavy atom. The highest BCUT2D eigenvalue weighted by atomic mass is 19.1. The van der Waals surface area contributed by atoms with Crippen molar-refractivity contribution < 1.29 is 13.5 Å². The van der Waals surface area contributed by atoms with E-state index in [1.165, 1.54) is 6.07 Å². The Labute approximate surface area is 123 Å². The number of hydrogen-bond donors (Lipinski definition) is 1. The van der Waals surface area contributed by atoms with Crippen molar-refractivity contribution >= 4 is 0 Å². The highest BCUT2D eigenvalue weighted by Crippen LogP contribution is 2.29. The minimum atomic E-state index is -0.749. The first-order valence-corrected chi connectivity index (χ1v) is 6.93. The summed E-state index contributed by atoms with van der Waals surface area (Å²) in [7, 11) is 0. The lowest BCUT2D eigenvalue weighted by molar-refractivity contribution is 0.411. The lowest BCUT2D eigenvalue weighted by Crippen LogP contribution is -2.20. The molecule has 5 heteroatoms. The van der Waals surface area contributed by atoms with E-state index in [9.17, 15) is 8.78 Å². The molecule has 0 aliphatic carbocycles. The van der Waals surface area contributed by atoms with Crippen LogP contribution in [-0.2, 0) is 0 Å². The van der Waals surface area contributed by atoms with Crippen LogP contribution in [0.15, 0.2) is 36.5 Å². The number of halogens is 2. The van der Waals surface area contributed by atoms with Gasteiger partial charge in [-0.05, 0) is 38.1 Å². The number of nitrogens with one attached hydrogen (secondary N) is 1. The maximum atomic E-state index is 13.7. The second-order valence-corrected chi connectivity index (χ2v) is 4.75. The summed E-state index contributed by atoms with van der Waals surface area (Å²) >= 11 is 0. The first-order valence-electron chi connectivity index (χ1n) is 6.93. The first-order chi connectivity index (χ1) is 10.1. The fraction of sp³-hybridized carbons (Fsp3) is 0.312. The maximum absolute atomic E-state index is 13.7. The Balaban J connectivity index is 2.23. The summed E-state index contributed by atoms with van der Waals surface area (Å²) in [6.07, 6.45) is 2.58. The molecule has 0 aliphatic heterocycles. The molecule has 0 spiro atoms. The second kappa shape index (κ2) is 7.13. The van der Waals surface area contributed by atoms with Crippen molar-refractivity contribution in [2.45, 2.75) is 26.3 Å². The van der Waals surface area contributed by atoms with Crippen LogP contribution in [0.2, 0.25) is 0 Å². The number of ether oxygens (including phenoxy) is 1. The van der Waals surface area contributed by atoms with E-state index in [1.54, 1.807) is 12.3 Å². The molecule has 1 atom stereocenters. The lowest BCUT2D eigenvalue weighted by Gasteiger charge is -2.17. The zero-order valence-electron chi connectivity index (χ0n) is 12.1. The molecule has 2 aromatic rings. The Hall–Kier alpha value is -2.01. The van der Waals surface area contributed by atoms with E-state index >= 15 is 0 Å². The average Bonchev–Trinajstić information content (AvgIpc) is 2.48. The quantitative estimate of drug-likeness (QED) is 0.866. The van der Waals surface area contributed by atoms with Gasteiger partial charge in [-0.2, -0.15) is 0 Å². The number of benzene rings is 1. The summed E-state index contributed by atoms with van der Waals surface area (Å²) in [5.41, 5.74) is 0.828. The van der Waals surface area contributed by atoms with Crippen molar-refractivity contribution in [3.05, 3.63) is 53.7 Å². The van der Waals surface area contributed by atoms with Crippen LogP contribution in [-0.4, -0.2) is 11.5 Å². The van der Waals surface area contributed by atoms with Crippen molar-refractivity contribution in [2.75, 3.05) is 6.54 Å². The van der Waals surface area contributed by atoms with Crippen LogP contribution in [0.4, 0.5) is 8.78 Å². The van der Waals surface area contributed by atoms with Gasteiger partial charge in [-0.15, -0.1) is 0 Å². The van der Waals surface area contributed by atoms with Crippen LogP contribution < -0.4 is 10.1 Å². The highest BCUT2D eigenvalue weighted by molar-refractivity contribution is 5.34. The molecule has 0 saturated carbocycles. The van der Waals surface area contributed by atoms with Gasteiger partial charge in [0.25, 0.3) is 0 Å². The SMILES string of the molecule is CCCNC(C)c1cccnc1Oc1ccc(F)cc1F. The van der Waals surface area contributed by atoms with Gasteiger partial charge in [0.05, 0.1) is 0 Å². The maximum Gasteiger partial charge on any atom is 0.224 e. The van der Waals surface area contributed by atoms with E-state index in [0.29, 0.717) is 5.88 Å². The number of aromatic nitrogens is 1. The molecule has 1 unspecified atom stereocenters. The second-order valence-electron chi connectivity index (χ2n) is 4.75. The van der Waals surface area contributed by atoms with Gasteiger partial charge < -0.3 is 10.1 Å². The molecule has 112 valence electrons. The third-order valence-electron chi connectivity index (χ3n) is 3.07. The number of rotatable bonds is 6. The van der Waals surface area contributed by atoms with Crippen molar-refractivity contribution in [1.29, 1.82) is 0 Å². The fourth-order valence-corrected chi connectivity index (χ4v) is 1.95. The van der Waals surface area contributed by atoms with E-state index in [-0.39, 0.29) is 11.8 Å². The molecule has 2 rings (SSSR count). The topological polar surface area (TPSA) is 34.2 Å². The Morgan fingerprint density at radius 3 is 2.81 bits per heavy atom. The third kappa shape index (κ3) is 3.98. The molecule has 1 N–H and O–H groups in total. The van der Waals surface area contributed by atoms with Crippen molar-refractivity contribution in [3.8, 4) is 11.6 Å². The van der Waals surface area contributed by atoms with E-state index < -0.39 is 11.6 Å². The van der Waals surface area contributed by atoms with Crippen LogP contribution in [0.5, 0.6) is 11.6 Å². The summed E-state index contributed by atoms with van der Waals surface area (Å²) < 4.78 is 32.1. The molecule has 1 aromatic heterocycles. The molecule has 0 bridgehead atoms. The highest BCUT2D eigenvalue weighted by Gasteiger charge is 2.14. The Morgan fingerprint density at radius 1 is 1.29 bits per heavy atom. The Bertz CT molecular complexity index is 605. The zero-order valence-corrected chi connectivity index (χ0v) is 12.1. The monoisotopic (exact) mass is 292 g/mol. The summed E-state index contributed by atoms with van der Waals surface area (Å²) in [5.74, 6) is -1.11. The number of hydrogen-bond acceptors (Lipinski definition) is 3. The van der Waals surface area contributed by atoms with Crippen LogP contribution >= 0.6 is 0 Å². The third-order valence-corrected chi connectivity index (χ3v) is 3.07. The smallest absolute Gasteiger partial charge is 0.224 e. The summed E-state index contributed by atoms with van der Waals surface area (Å²) in [6, 6.07) is 6.89. The molecule has 21 heavy (non-hydrogen) atoms. The van der Waals surface area contributed by atoms with Gasteiger partial charge in [-0.25, -0.2) is 13.8 Å².